The molecule has 0 aliphatic carbocycles. The van der Waals surface area contributed by atoms with E-state index in [9.17, 15) is 0 Å². The Balaban J connectivity index is 1.02. The van der Waals surface area contributed by atoms with Gasteiger partial charge in [0.05, 0.1) is 22.7 Å². The molecule has 14 aromatic rings. The molecule has 0 bridgehead atoms. The highest BCUT2D eigenvalue weighted by Gasteiger charge is 2.29. The highest BCUT2D eigenvalue weighted by atomic mass is 16.3. The standard InChI is InChI=1S/C76H64N2O2/c1-45(2)55-25-15-26-56(46(3)4)73(55)77(53-21-13-19-51(43-53)59-29-17-31-63-61-23-9-11-33-69(61)79-75(59)63)67-41-37-49-36-40-66-68(42-38-50-35-39-65(67)71(49)72(50)66)78(74-57(47(5)6)27-16-28-58(74)48(7)8)54-22-14-20-52(44-54)60-30-18-32-64-62-24-10-12-34-70(62)80-76(60)64/h9-48H,1-8H3. The third-order valence-electron chi connectivity index (χ3n) is 16.9. The highest BCUT2D eigenvalue weighted by Crippen LogP contribution is 2.53. The molecule has 4 nitrogen and oxygen atoms in total. The number of rotatable bonds is 12. The molecular formula is C76H64N2O2. The van der Waals surface area contributed by atoms with Crippen molar-refractivity contribution in [3.05, 3.63) is 241 Å². The van der Waals surface area contributed by atoms with Crippen LogP contribution in [-0.4, -0.2) is 0 Å². The minimum Gasteiger partial charge on any atom is -0.455 e. The topological polar surface area (TPSA) is 32.8 Å². The van der Waals surface area contributed by atoms with Crippen LogP contribution < -0.4 is 9.80 Å². The Bertz CT molecular complexity index is 4350. The van der Waals surface area contributed by atoms with Gasteiger partial charge in [-0.3, -0.25) is 0 Å². The lowest BCUT2D eigenvalue weighted by molar-refractivity contribution is 0.669. The monoisotopic (exact) mass is 1040 g/mol. The minimum atomic E-state index is 0.265. The first-order valence-electron chi connectivity index (χ1n) is 28.6. The first-order valence-corrected chi connectivity index (χ1v) is 28.6. The van der Waals surface area contributed by atoms with E-state index in [0.29, 0.717) is 0 Å². The highest BCUT2D eigenvalue weighted by molar-refractivity contribution is 6.28. The van der Waals surface area contributed by atoms with Gasteiger partial charge < -0.3 is 18.6 Å². The van der Waals surface area contributed by atoms with E-state index in [0.717, 1.165) is 88.9 Å². The van der Waals surface area contributed by atoms with Gasteiger partial charge in [0.15, 0.2) is 0 Å². The molecule has 12 aromatic carbocycles. The van der Waals surface area contributed by atoms with Gasteiger partial charge in [0.1, 0.15) is 22.3 Å². The summed E-state index contributed by atoms with van der Waals surface area (Å²) < 4.78 is 13.4. The van der Waals surface area contributed by atoms with Crippen LogP contribution in [0.25, 0.3) is 98.4 Å². The van der Waals surface area contributed by atoms with Crippen LogP contribution in [0.3, 0.4) is 0 Å². The number of furan rings is 2. The molecule has 0 aliphatic heterocycles. The number of nitrogens with zero attached hydrogens (tertiary/aromatic N) is 2. The van der Waals surface area contributed by atoms with E-state index in [4.69, 9.17) is 8.83 Å². The Labute approximate surface area is 468 Å². The molecular weight excluding hydrogens is 973 g/mol. The fourth-order valence-electron chi connectivity index (χ4n) is 13.1. The van der Waals surface area contributed by atoms with Crippen molar-refractivity contribution in [2.45, 2.75) is 79.1 Å². The number of benzene rings is 12. The molecule has 14 rings (SSSR count). The summed E-state index contributed by atoms with van der Waals surface area (Å²) >= 11 is 0. The number of fused-ring (bicyclic) bond motifs is 6. The molecule has 0 spiro atoms. The zero-order chi connectivity index (χ0) is 54.5. The second kappa shape index (κ2) is 19.4. The number of para-hydroxylation sites is 6. The van der Waals surface area contributed by atoms with Crippen molar-refractivity contribution in [1.29, 1.82) is 0 Å². The van der Waals surface area contributed by atoms with Gasteiger partial charge in [0.25, 0.3) is 0 Å². The summed E-state index contributed by atoms with van der Waals surface area (Å²) in [5.74, 6) is 1.06. The maximum absolute atomic E-state index is 6.68. The molecule has 80 heavy (non-hydrogen) atoms. The van der Waals surface area contributed by atoms with E-state index < -0.39 is 0 Å². The smallest absolute Gasteiger partial charge is 0.143 e. The summed E-state index contributed by atoms with van der Waals surface area (Å²) in [5.41, 5.74) is 20.2. The molecule has 0 radical (unpaired) electrons. The Morgan fingerprint density at radius 3 is 1.05 bits per heavy atom. The fraction of sp³-hybridized carbons (Fsp3) is 0.158. The molecule has 0 atom stereocenters. The maximum Gasteiger partial charge on any atom is 0.143 e. The normalized spacial score (nSPS) is 12.2. The maximum atomic E-state index is 6.68. The Morgan fingerprint density at radius 1 is 0.300 bits per heavy atom. The molecule has 4 heteroatoms. The van der Waals surface area contributed by atoms with Gasteiger partial charge in [0.2, 0.25) is 0 Å². The van der Waals surface area contributed by atoms with Crippen LogP contribution in [0.2, 0.25) is 0 Å². The van der Waals surface area contributed by atoms with Gasteiger partial charge in [-0.2, -0.15) is 0 Å². The summed E-state index contributed by atoms with van der Waals surface area (Å²) in [6, 6.07) is 80.8. The second-order valence-corrected chi connectivity index (χ2v) is 23.1. The number of hydrogen-bond donors (Lipinski definition) is 0. The van der Waals surface area contributed by atoms with Gasteiger partial charge in [-0.25, -0.2) is 0 Å². The van der Waals surface area contributed by atoms with Gasteiger partial charge in [-0.15, -0.1) is 0 Å². The predicted octanol–water partition coefficient (Wildman–Crippen LogP) is 23.2. The molecule has 2 heterocycles. The van der Waals surface area contributed by atoms with Crippen LogP contribution in [0.1, 0.15) is 101 Å². The number of anilines is 6. The van der Waals surface area contributed by atoms with Gasteiger partial charge in [-0.1, -0.05) is 225 Å². The molecule has 0 aliphatic rings. The molecule has 0 amide bonds. The second-order valence-electron chi connectivity index (χ2n) is 23.1. The van der Waals surface area contributed by atoms with E-state index in [1.807, 2.05) is 12.1 Å². The van der Waals surface area contributed by atoms with Crippen molar-refractivity contribution in [3.63, 3.8) is 0 Å². The van der Waals surface area contributed by atoms with E-state index in [1.165, 1.54) is 65.9 Å². The van der Waals surface area contributed by atoms with E-state index >= 15 is 0 Å². The molecule has 0 N–H and O–H groups in total. The lowest BCUT2D eigenvalue weighted by atomic mass is 9.88. The lowest BCUT2D eigenvalue weighted by Crippen LogP contribution is -2.17. The van der Waals surface area contributed by atoms with Crippen LogP contribution in [-0.2, 0) is 0 Å². The van der Waals surface area contributed by atoms with Gasteiger partial charge in [0, 0.05) is 54.8 Å². The first kappa shape index (κ1) is 49.2. The fourth-order valence-corrected chi connectivity index (χ4v) is 13.1. The summed E-state index contributed by atoms with van der Waals surface area (Å²) in [4.78, 5) is 5.15. The summed E-state index contributed by atoms with van der Waals surface area (Å²) in [6.45, 7) is 18.6. The zero-order valence-corrected chi connectivity index (χ0v) is 46.8. The SMILES string of the molecule is CC(C)c1cccc(C(C)C)c1N(c1cccc(-c2cccc3c2oc2ccccc23)c1)c1ccc2ccc3c(N(c4cccc(-c5cccc6c5oc5ccccc56)c4)c4c(C(C)C)cccc4C(C)C)ccc4ccc1c2c43. The van der Waals surface area contributed by atoms with Crippen molar-refractivity contribution in [2.75, 3.05) is 9.80 Å². The van der Waals surface area contributed by atoms with Gasteiger partial charge in [-0.05, 0) is 127 Å². The Hall–Kier alpha value is -9.12. The van der Waals surface area contributed by atoms with Crippen LogP contribution in [0.5, 0.6) is 0 Å². The van der Waals surface area contributed by atoms with E-state index in [-0.39, 0.29) is 23.7 Å². The minimum absolute atomic E-state index is 0.265. The van der Waals surface area contributed by atoms with Gasteiger partial charge >= 0.3 is 0 Å². The molecule has 0 saturated carbocycles. The molecule has 0 unspecified atom stereocenters. The third-order valence-corrected chi connectivity index (χ3v) is 16.9. The van der Waals surface area contributed by atoms with E-state index in [2.05, 4.69) is 271 Å². The molecule has 2 aromatic heterocycles. The average Bonchev–Trinajstić information content (AvgIpc) is 3.89. The van der Waals surface area contributed by atoms with Crippen molar-refractivity contribution in [1.82, 2.24) is 0 Å². The quantitative estimate of drug-likeness (QED) is 0.114. The average molecular weight is 1040 g/mol. The van der Waals surface area contributed by atoms with Crippen LogP contribution in [0.4, 0.5) is 34.1 Å². The van der Waals surface area contributed by atoms with Crippen LogP contribution in [0, 0.1) is 0 Å². The predicted molar refractivity (Wildman–Crippen MR) is 341 cm³/mol. The first-order chi connectivity index (χ1) is 39.0. The molecule has 390 valence electrons. The summed E-state index contributed by atoms with van der Waals surface area (Å²) in [6.07, 6.45) is 0. The lowest BCUT2D eigenvalue weighted by Gasteiger charge is -2.34. The Kier molecular flexibility index (Phi) is 11.9. The summed E-state index contributed by atoms with van der Waals surface area (Å²) in [7, 11) is 0. The molecule has 0 saturated heterocycles. The molecule has 0 fully saturated rings. The van der Waals surface area contributed by atoms with Crippen molar-refractivity contribution in [3.8, 4) is 22.3 Å². The third kappa shape index (κ3) is 7.87. The Morgan fingerprint density at radius 2 is 0.650 bits per heavy atom. The summed E-state index contributed by atoms with van der Waals surface area (Å²) in [5, 5.41) is 11.8. The zero-order valence-electron chi connectivity index (χ0n) is 46.8. The van der Waals surface area contributed by atoms with Crippen molar-refractivity contribution in [2.24, 2.45) is 0 Å². The van der Waals surface area contributed by atoms with Crippen LogP contribution >= 0.6 is 0 Å². The van der Waals surface area contributed by atoms with E-state index in [1.54, 1.807) is 0 Å². The van der Waals surface area contributed by atoms with Crippen LogP contribution in [0.15, 0.2) is 227 Å². The largest absolute Gasteiger partial charge is 0.455 e. The van der Waals surface area contributed by atoms with Crippen molar-refractivity contribution < 1.29 is 8.83 Å². The van der Waals surface area contributed by atoms with Crippen molar-refractivity contribution >= 4 is 110 Å². The number of hydrogen-bond acceptors (Lipinski definition) is 4.